The van der Waals surface area contributed by atoms with Crippen molar-refractivity contribution in [1.82, 2.24) is 9.97 Å². The highest BCUT2D eigenvalue weighted by Crippen LogP contribution is 2.29. The molecule has 0 atom stereocenters. The second-order valence-corrected chi connectivity index (χ2v) is 6.77. The molecule has 0 fully saturated rings. The Morgan fingerprint density at radius 1 is 1.33 bits per heavy atom. The van der Waals surface area contributed by atoms with Crippen LogP contribution < -0.4 is 4.74 Å². The summed E-state index contributed by atoms with van der Waals surface area (Å²) in [7, 11) is 0. The zero-order valence-electron chi connectivity index (χ0n) is 12.5. The molecule has 0 amide bonds. The van der Waals surface area contributed by atoms with Crippen LogP contribution in [0.25, 0.3) is 10.2 Å². The van der Waals surface area contributed by atoms with E-state index in [0.717, 1.165) is 15.8 Å². The molecule has 0 saturated carbocycles. The Bertz CT molecular complexity index is 883. The van der Waals surface area contributed by atoms with Gasteiger partial charge in [0.05, 0.1) is 11.3 Å². The van der Waals surface area contributed by atoms with E-state index in [2.05, 4.69) is 14.7 Å². The first-order valence-electron chi connectivity index (χ1n) is 6.94. The molecule has 124 valence electrons. The summed E-state index contributed by atoms with van der Waals surface area (Å²) in [5.41, 5.74) is 0.950. The molecule has 4 nitrogen and oxygen atoms in total. The molecule has 0 unspecified atom stereocenters. The molecule has 0 aliphatic carbocycles. The monoisotopic (exact) mass is 366 g/mol. The summed E-state index contributed by atoms with van der Waals surface area (Å²) in [6, 6.07) is 6.47. The first-order valence-corrected chi connectivity index (χ1v) is 8.81. The van der Waals surface area contributed by atoms with Gasteiger partial charge in [-0.25, -0.2) is 9.97 Å². The van der Waals surface area contributed by atoms with Crippen LogP contribution in [0.2, 0.25) is 0 Å². The number of halogens is 2. The first kappa shape index (κ1) is 16.8. The average molecular weight is 366 g/mol. The third kappa shape index (κ3) is 3.70. The van der Waals surface area contributed by atoms with Crippen molar-refractivity contribution in [2.45, 2.75) is 18.6 Å². The van der Waals surface area contributed by atoms with E-state index in [1.54, 1.807) is 19.1 Å². The Kier molecular flexibility index (Phi) is 5.06. The van der Waals surface area contributed by atoms with Gasteiger partial charge in [0.1, 0.15) is 21.9 Å². The van der Waals surface area contributed by atoms with Crippen LogP contribution in [-0.4, -0.2) is 28.1 Å². The summed E-state index contributed by atoms with van der Waals surface area (Å²) in [6.07, 6.45) is 1.45. The molecule has 0 radical (unpaired) electrons. The Labute approximate surface area is 144 Å². The van der Waals surface area contributed by atoms with Crippen LogP contribution in [0.4, 0.5) is 8.78 Å². The van der Waals surface area contributed by atoms with Gasteiger partial charge in [-0.05, 0) is 30.5 Å². The number of thiophene rings is 1. The van der Waals surface area contributed by atoms with Crippen molar-refractivity contribution in [3.8, 4) is 5.75 Å². The third-order valence-corrected chi connectivity index (χ3v) is 5.04. The minimum atomic E-state index is -2.97. The number of thioether (sulfide) groups is 1. The first-order chi connectivity index (χ1) is 11.5. The van der Waals surface area contributed by atoms with E-state index >= 15 is 0 Å². The van der Waals surface area contributed by atoms with Crippen LogP contribution in [0.3, 0.4) is 0 Å². The summed E-state index contributed by atoms with van der Waals surface area (Å²) in [5, 5.41) is 3.48. The van der Waals surface area contributed by atoms with E-state index in [1.165, 1.54) is 35.5 Å². The highest BCUT2D eigenvalue weighted by Gasteiger charge is 2.17. The molecular formula is C16H12F2N2O2S2. The van der Waals surface area contributed by atoms with E-state index in [-0.39, 0.29) is 22.8 Å². The van der Waals surface area contributed by atoms with E-state index in [1.807, 2.05) is 11.4 Å². The maximum atomic E-state index is 12.5. The number of aromatic nitrogens is 2. The van der Waals surface area contributed by atoms with Gasteiger partial charge in [-0.2, -0.15) is 8.78 Å². The van der Waals surface area contributed by atoms with Crippen molar-refractivity contribution in [2.75, 3.05) is 5.75 Å². The molecular weight excluding hydrogens is 354 g/mol. The van der Waals surface area contributed by atoms with Crippen molar-refractivity contribution in [3.63, 3.8) is 0 Å². The van der Waals surface area contributed by atoms with Crippen molar-refractivity contribution in [1.29, 1.82) is 0 Å². The normalized spacial score (nSPS) is 11.2. The van der Waals surface area contributed by atoms with Gasteiger partial charge < -0.3 is 4.74 Å². The number of ketones is 1. The number of rotatable bonds is 6. The SMILES string of the molecule is Cc1ccc(OC(F)F)c(C(=O)CSc2ncnc3sccc23)c1. The van der Waals surface area contributed by atoms with Gasteiger partial charge in [0.2, 0.25) is 0 Å². The highest BCUT2D eigenvalue weighted by atomic mass is 32.2. The standard InChI is InChI=1S/C16H12F2N2O2S2/c1-9-2-3-13(22-16(17)18)11(6-9)12(21)7-24-15-10-4-5-23-14(10)19-8-20-15/h2-6,8,16H,7H2,1H3. The van der Waals surface area contributed by atoms with Gasteiger partial charge in [0.15, 0.2) is 5.78 Å². The minimum absolute atomic E-state index is 0.0744. The van der Waals surface area contributed by atoms with Crippen LogP contribution in [0.5, 0.6) is 5.75 Å². The average Bonchev–Trinajstić information content (AvgIpc) is 3.03. The van der Waals surface area contributed by atoms with Gasteiger partial charge >= 0.3 is 6.61 Å². The number of aryl methyl sites for hydroxylation is 1. The Hall–Kier alpha value is -2.06. The van der Waals surface area contributed by atoms with Gasteiger partial charge in [0, 0.05) is 5.39 Å². The Morgan fingerprint density at radius 2 is 2.17 bits per heavy atom. The summed E-state index contributed by atoms with van der Waals surface area (Å²) in [4.78, 5) is 21.6. The smallest absolute Gasteiger partial charge is 0.387 e. The van der Waals surface area contributed by atoms with Crippen LogP contribution in [0, 0.1) is 6.92 Å². The lowest BCUT2D eigenvalue weighted by Gasteiger charge is -2.10. The van der Waals surface area contributed by atoms with E-state index in [9.17, 15) is 13.6 Å². The number of ether oxygens (including phenoxy) is 1. The van der Waals surface area contributed by atoms with Crippen LogP contribution in [-0.2, 0) is 0 Å². The lowest BCUT2D eigenvalue weighted by atomic mass is 10.1. The van der Waals surface area contributed by atoms with Crippen molar-refractivity contribution >= 4 is 39.1 Å². The van der Waals surface area contributed by atoms with Gasteiger partial charge in [-0.3, -0.25) is 4.79 Å². The maximum Gasteiger partial charge on any atom is 0.387 e. The molecule has 2 aromatic heterocycles. The van der Waals surface area contributed by atoms with Crippen LogP contribution >= 0.6 is 23.1 Å². The summed E-state index contributed by atoms with van der Waals surface area (Å²) in [5.74, 6) is -0.323. The molecule has 3 aromatic rings. The fourth-order valence-electron chi connectivity index (χ4n) is 2.15. The molecule has 0 aliphatic heterocycles. The molecule has 0 saturated heterocycles. The molecule has 8 heteroatoms. The van der Waals surface area contributed by atoms with E-state index < -0.39 is 6.61 Å². The quantitative estimate of drug-likeness (QED) is 0.363. The molecule has 0 spiro atoms. The number of benzene rings is 1. The molecule has 0 bridgehead atoms. The highest BCUT2D eigenvalue weighted by molar-refractivity contribution is 8.00. The van der Waals surface area contributed by atoms with Crippen LogP contribution in [0.15, 0.2) is 41.0 Å². The van der Waals surface area contributed by atoms with E-state index in [4.69, 9.17) is 0 Å². The van der Waals surface area contributed by atoms with E-state index in [0.29, 0.717) is 5.03 Å². The number of hydrogen-bond donors (Lipinski definition) is 0. The molecule has 3 rings (SSSR count). The molecule has 0 N–H and O–H groups in total. The van der Waals surface area contributed by atoms with Crippen molar-refractivity contribution in [2.24, 2.45) is 0 Å². The summed E-state index contributed by atoms with van der Waals surface area (Å²) >= 11 is 2.74. The zero-order valence-corrected chi connectivity index (χ0v) is 14.2. The second-order valence-electron chi connectivity index (χ2n) is 4.91. The predicted octanol–water partition coefficient (Wildman–Crippen LogP) is 4.58. The van der Waals surface area contributed by atoms with Gasteiger partial charge in [0.25, 0.3) is 0 Å². The number of carbonyl (C=O) groups is 1. The number of carbonyl (C=O) groups excluding carboxylic acids is 1. The number of nitrogens with zero attached hydrogens (tertiary/aromatic N) is 2. The number of fused-ring (bicyclic) bond motifs is 1. The summed E-state index contributed by atoms with van der Waals surface area (Å²) in [6.45, 7) is -1.19. The van der Waals surface area contributed by atoms with Gasteiger partial charge in [-0.1, -0.05) is 23.4 Å². The molecule has 1 aromatic carbocycles. The number of hydrogen-bond acceptors (Lipinski definition) is 6. The van der Waals surface area contributed by atoms with Gasteiger partial charge in [-0.15, -0.1) is 11.3 Å². The number of alkyl halides is 2. The summed E-state index contributed by atoms with van der Waals surface area (Å²) < 4.78 is 29.4. The van der Waals surface area contributed by atoms with Crippen LogP contribution in [0.1, 0.15) is 15.9 Å². The minimum Gasteiger partial charge on any atom is -0.434 e. The molecule has 24 heavy (non-hydrogen) atoms. The topological polar surface area (TPSA) is 52.1 Å². The zero-order chi connectivity index (χ0) is 17.1. The van der Waals surface area contributed by atoms with Crippen molar-refractivity contribution < 1.29 is 18.3 Å². The third-order valence-electron chi connectivity index (χ3n) is 3.22. The largest absolute Gasteiger partial charge is 0.434 e. The Balaban J connectivity index is 1.80. The Morgan fingerprint density at radius 3 is 2.96 bits per heavy atom. The fraction of sp³-hybridized carbons (Fsp3) is 0.188. The lowest BCUT2D eigenvalue weighted by molar-refractivity contribution is -0.0501. The number of Topliss-reactive ketones (excluding diaryl/α,β-unsaturated/α-hetero) is 1. The maximum absolute atomic E-state index is 12.5. The second kappa shape index (κ2) is 7.23. The van der Waals surface area contributed by atoms with Crippen molar-refractivity contribution in [3.05, 3.63) is 47.1 Å². The fourth-order valence-corrected chi connectivity index (χ4v) is 3.82. The lowest BCUT2D eigenvalue weighted by Crippen LogP contribution is -2.10. The molecule has 2 heterocycles. The predicted molar refractivity (Wildman–Crippen MR) is 90.3 cm³/mol. The molecule has 0 aliphatic rings.